The minimum Gasteiger partial charge on any atom is -0.497 e. The summed E-state index contributed by atoms with van der Waals surface area (Å²) in [5.74, 6) is 0.876. The molecule has 28 heavy (non-hydrogen) atoms. The molecule has 2 N–H and O–H groups in total. The highest BCUT2D eigenvalue weighted by Crippen LogP contribution is 2.32. The first-order valence-electron chi connectivity index (χ1n) is 8.25. The van der Waals surface area contributed by atoms with Crippen molar-refractivity contribution < 1.29 is 17.9 Å². The van der Waals surface area contributed by atoms with Crippen LogP contribution in [-0.2, 0) is 10.0 Å². The second-order valence-electron chi connectivity index (χ2n) is 5.96. The SMILES string of the molecule is COc1ccc(NS(=O)(=O)c2cc(-c3ccc(=O)[nH]n3)ccc2C)c(OC)c1. The number of aryl methyl sites for hydroxylation is 1. The van der Waals surface area contributed by atoms with Gasteiger partial charge in [0.15, 0.2) is 0 Å². The molecule has 0 atom stereocenters. The van der Waals surface area contributed by atoms with Crippen LogP contribution in [0, 0.1) is 6.92 Å². The van der Waals surface area contributed by atoms with Crippen LogP contribution < -0.4 is 19.8 Å². The number of H-pyrrole nitrogens is 1. The Bertz CT molecular complexity index is 1150. The van der Waals surface area contributed by atoms with Gasteiger partial charge in [-0.3, -0.25) is 9.52 Å². The molecule has 2 aromatic carbocycles. The fraction of sp³-hybridized carbons (Fsp3) is 0.158. The molecule has 8 nitrogen and oxygen atoms in total. The topological polar surface area (TPSA) is 110 Å². The summed E-state index contributed by atoms with van der Waals surface area (Å²) in [7, 11) is -0.948. The molecule has 0 radical (unpaired) electrons. The van der Waals surface area contributed by atoms with E-state index in [0.717, 1.165) is 0 Å². The van der Waals surface area contributed by atoms with E-state index in [2.05, 4.69) is 14.9 Å². The lowest BCUT2D eigenvalue weighted by molar-refractivity contribution is 0.395. The fourth-order valence-corrected chi connectivity index (χ4v) is 3.98. The van der Waals surface area contributed by atoms with Crippen molar-refractivity contribution in [1.29, 1.82) is 0 Å². The van der Waals surface area contributed by atoms with Gasteiger partial charge in [0.2, 0.25) is 0 Å². The van der Waals surface area contributed by atoms with E-state index in [0.29, 0.717) is 28.3 Å². The van der Waals surface area contributed by atoms with Crippen molar-refractivity contribution in [2.45, 2.75) is 11.8 Å². The second kappa shape index (κ2) is 7.73. The van der Waals surface area contributed by atoms with E-state index in [4.69, 9.17) is 9.47 Å². The molecule has 0 unspecified atom stereocenters. The van der Waals surface area contributed by atoms with Crippen molar-refractivity contribution >= 4 is 15.7 Å². The van der Waals surface area contributed by atoms with Crippen LogP contribution in [0.5, 0.6) is 11.5 Å². The summed E-state index contributed by atoms with van der Waals surface area (Å²) >= 11 is 0. The molecule has 0 fully saturated rings. The van der Waals surface area contributed by atoms with Crippen LogP contribution in [0.1, 0.15) is 5.56 Å². The monoisotopic (exact) mass is 401 g/mol. The van der Waals surface area contributed by atoms with Crippen LogP contribution >= 0.6 is 0 Å². The molecule has 0 aliphatic heterocycles. The van der Waals surface area contributed by atoms with Gasteiger partial charge in [-0.25, -0.2) is 13.5 Å². The summed E-state index contributed by atoms with van der Waals surface area (Å²) in [6, 6.07) is 12.6. The first-order valence-corrected chi connectivity index (χ1v) is 9.74. The molecule has 0 saturated carbocycles. The van der Waals surface area contributed by atoms with Crippen molar-refractivity contribution in [2.24, 2.45) is 0 Å². The van der Waals surface area contributed by atoms with Gasteiger partial charge in [0.05, 0.1) is 30.5 Å². The van der Waals surface area contributed by atoms with E-state index in [9.17, 15) is 13.2 Å². The van der Waals surface area contributed by atoms with Crippen molar-refractivity contribution in [2.75, 3.05) is 18.9 Å². The lowest BCUT2D eigenvalue weighted by Gasteiger charge is -2.15. The third-order valence-corrected chi connectivity index (χ3v) is 5.61. The lowest BCUT2D eigenvalue weighted by Crippen LogP contribution is -2.15. The molecule has 146 valence electrons. The summed E-state index contributed by atoms with van der Waals surface area (Å²) < 4.78 is 38.9. The molecular weight excluding hydrogens is 382 g/mol. The third kappa shape index (κ3) is 3.99. The zero-order chi connectivity index (χ0) is 20.3. The van der Waals surface area contributed by atoms with Crippen LogP contribution in [0.4, 0.5) is 5.69 Å². The maximum absolute atomic E-state index is 13.0. The number of nitrogens with one attached hydrogen (secondary N) is 2. The lowest BCUT2D eigenvalue weighted by atomic mass is 10.1. The minimum atomic E-state index is -3.91. The number of rotatable bonds is 6. The second-order valence-corrected chi connectivity index (χ2v) is 7.61. The number of aromatic amines is 1. The number of aromatic nitrogens is 2. The van der Waals surface area contributed by atoms with E-state index in [1.807, 2.05) is 0 Å². The normalized spacial score (nSPS) is 11.1. The van der Waals surface area contributed by atoms with Crippen LogP contribution in [0.3, 0.4) is 0 Å². The number of methoxy groups -OCH3 is 2. The zero-order valence-electron chi connectivity index (χ0n) is 15.5. The highest BCUT2D eigenvalue weighted by molar-refractivity contribution is 7.92. The van der Waals surface area contributed by atoms with Gasteiger partial charge in [0.1, 0.15) is 11.5 Å². The Kier molecular flexibility index (Phi) is 5.36. The maximum Gasteiger partial charge on any atom is 0.264 e. The molecule has 9 heteroatoms. The number of benzene rings is 2. The number of ether oxygens (including phenoxy) is 2. The molecule has 3 rings (SSSR count). The predicted molar refractivity (Wildman–Crippen MR) is 105 cm³/mol. The van der Waals surface area contributed by atoms with Gasteiger partial charge in [0, 0.05) is 17.7 Å². The highest BCUT2D eigenvalue weighted by Gasteiger charge is 2.20. The van der Waals surface area contributed by atoms with Gasteiger partial charge < -0.3 is 9.47 Å². The van der Waals surface area contributed by atoms with Gasteiger partial charge in [-0.1, -0.05) is 12.1 Å². The average molecular weight is 401 g/mol. The summed E-state index contributed by atoms with van der Waals surface area (Å²) in [5.41, 5.74) is 1.53. The Morgan fingerprint density at radius 2 is 1.79 bits per heavy atom. The molecule has 0 aliphatic rings. The Hall–Kier alpha value is -3.33. The summed E-state index contributed by atoms with van der Waals surface area (Å²) in [4.78, 5) is 11.3. The minimum absolute atomic E-state index is 0.0934. The largest absolute Gasteiger partial charge is 0.497 e. The van der Waals surface area contributed by atoms with Crippen LogP contribution in [0.25, 0.3) is 11.3 Å². The van der Waals surface area contributed by atoms with E-state index in [-0.39, 0.29) is 16.1 Å². The molecule has 0 spiro atoms. The smallest absolute Gasteiger partial charge is 0.264 e. The predicted octanol–water partition coefficient (Wildman–Crippen LogP) is 2.56. The Labute approximate surface area is 162 Å². The first kappa shape index (κ1) is 19.4. The Morgan fingerprint density at radius 3 is 2.43 bits per heavy atom. The van der Waals surface area contributed by atoms with Gasteiger partial charge >= 0.3 is 0 Å². The average Bonchev–Trinajstić information content (AvgIpc) is 2.69. The van der Waals surface area contributed by atoms with Gasteiger partial charge in [0.25, 0.3) is 15.6 Å². The standard InChI is InChI=1S/C19H19N3O5S/c1-12-4-5-13(15-8-9-19(23)21-20-15)10-18(12)28(24,25)22-16-7-6-14(26-2)11-17(16)27-3/h4-11,22H,1-3H3,(H,21,23). The van der Waals surface area contributed by atoms with Crippen LogP contribution in [0.2, 0.25) is 0 Å². The summed E-state index contributed by atoms with van der Waals surface area (Å²) in [6.45, 7) is 1.70. The van der Waals surface area contributed by atoms with E-state index >= 15 is 0 Å². The number of nitrogens with zero attached hydrogens (tertiary/aromatic N) is 1. The highest BCUT2D eigenvalue weighted by atomic mass is 32.2. The first-order chi connectivity index (χ1) is 13.3. The Balaban J connectivity index is 2.01. The molecule has 0 amide bonds. The number of hydrogen-bond donors (Lipinski definition) is 2. The number of anilines is 1. The molecular formula is C19H19N3O5S. The summed E-state index contributed by atoms with van der Waals surface area (Å²) in [5, 5.41) is 6.28. The van der Waals surface area contributed by atoms with E-state index < -0.39 is 10.0 Å². The van der Waals surface area contributed by atoms with E-state index in [1.165, 1.54) is 32.4 Å². The molecule has 0 aliphatic carbocycles. The van der Waals surface area contributed by atoms with Gasteiger partial charge in [-0.2, -0.15) is 5.10 Å². The number of hydrogen-bond acceptors (Lipinski definition) is 6. The maximum atomic E-state index is 13.0. The van der Waals surface area contributed by atoms with Gasteiger partial charge in [-0.15, -0.1) is 0 Å². The van der Waals surface area contributed by atoms with Crippen LogP contribution in [-0.4, -0.2) is 32.8 Å². The Morgan fingerprint density at radius 1 is 1.00 bits per heavy atom. The van der Waals surface area contributed by atoms with Crippen molar-refractivity contribution in [3.63, 3.8) is 0 Å². The fourth-order valence-electron chi connectivity index (χ4n) is 2.64. The molecule has 1 aromatic heterocycles. The molecule has 3 aromatic rings. The molecule has 0 bridgehead atoms. The quantitative estimate of drug-likeness (QED) is 0.657. The third-order valence-electron chi connectivity index (χ3n) is 4.11. The van der Waals surface area contributed by atoms with E-state index in [1.54, 1.807) is 37.3 Å². The zero-order valence-corrected chi connectivity index (χ0v) is 16.3. The van der Waals surface area contributed by atoms with Crippen molar-refractivity contribution in [3.8, 4) is 22.8 Å². The van der Waals surface area contributed by atoms with Crippen molar-refractivity contribution in [1.82, 2.24) is 10.2 Å². The van der Waals surface area contributed by atoms with Crippen molar-refractivity contribution in [3.05, 3.63) is 64.4 Å². The van der Waals surface area contributed by atoms with Gasteiger partial charge in [-0.05, 0) is 36.8 Å². The molecule has 1 heterocycles. The molecule has 0 saturated heterocycles. The summed E-state index contributed by atoms with van der Waals surface area (Å²) in [6.07, 6.45) is 0. The number of sulfonamides is 1. The van der Waals surface area contributed by atoms with Crippen LogP contribution in [0.15, 0.2) is 58.2 Å².